The lowest BCUT2D eigenvalue weighted by Crippen LogP contribution is -2.14. The minimum atomic E-state index is -0.790. The molecule has 0 aromatic carbocycles. The molecule has 0 aliphatic rings. The van der Waals surface area contributed by atoms with Crippen LogP contribution < -0.4 is 0 Å². The second-order valence-electron chi connectivity index (χ2n) is 2.41. The van der Waals surface area contributed by atoms with Crippen molar-refractivity contribution in [2.45, 2.75) is 33.2 Å². The molecule has 0 bridgehead atoms. The molecule has 0 aliphatic carbocycles. The SMILES string of the molecule is CC(=O)C=CC(C)OC(C)O. The zero-order valence-electron chi connectivity index (χ0n) is 7.07. The van der Waals surface area contributed by atoms with E-state index >= 15 is 0 Å². The minimum Gasteiger partial charge on any atom is -0.368 e. The fraction of sp³-hybridized carbons (Fsp3) is 0.625. The Morgan fingerprint density at radius 1 is 1.55 bits per heavy atom. The largest absolute Gasteiger partial charge is 0.368 e. The maximum atomic E-state index is 10.4. The molecule has 0 fully saturated rings. The average Bonchev–Trinajstić information content (AvgIpc) is 1.82. The lowest BCUT2D eigenvalue weighted by atomic mass is 10.3. The standard InChI is InChI=1S/C8H14O3/c1-6(9)4-5-7(2)11-8(3)10/h4-5,7-8,10H,1-3H3. The average molecular weight is 158 g/mol. The molecular formula is C8H14O3. The predicted octanol–water partition coefficient (Wildman–Crippen LogP) is 0.875. The third-order valence-corrected chi connectivity index (χ3v) is 1.01. The van der Waals surface area contributed by atoms with Crippen molar-refractivity contribution in [3.8, 4) is 0 Å². The molecule has 0 aromatic heterocycles. The Kier molecular flexibility index (Phi) is 4.74. The van der Waals surface area contributed by atoms with Crippen molar-refractivity contribution >= 4 is 5.78 Å². The third-order valence-electron chi connectivity index (χ3n) is 1.01. The van der Waals surface area contributed by atoms with Crippen molar-refractivity contribution < 1.29 is 14.6 Å². The van der Waals surface area contributed by atoms with E-state index in [1.165, 1.54) is 19.9 Å². The van der Waals surface area contributed by atoms with Gasteiger partial charge in [-0.3, -0.25) is 4.79 Å². The molecule has 3 heteroatoms. The van der Waals surface area contributed by atoms with Crippen LogP contribution in [-0.2, 0) is 9.53 Å². The van der Waals surface area contributed by atoms with Gasteiger partial charge in [-0.2, -0.15) is 0 Å². The van der Waals surface area contributed by atoms with Crippen molar-refractivity contribution in [1.82, 2.24) is 0 Å². The van der Waals surface area contributed by atoms with E-state index in [9.17, 15) is 4.79 Å². The molecule has 0 radical (unpaired) electrons. The maximum Gasteiger partial charge on any atom is 0.152 e. The second-order valence-corrected chi connectivity index (χ2v) is 2.41. The summed E-state index contributed by atoms with van der Waals surface area (Å²) in [4.78, 5) is 10.4. The Labute approximate surface area is 66.7 Å². The molecule has 2 unspecified atom stereocenters. The highest BCUT2D eigenvalue weighted by Crippen LogP contribution is 1.96. The summed E-state index contributed by atoms with van der Waals surface area (Å²) >= 11 is 0. The summed E-state index contributed by atoms with van der Waals surface area (Å²) in [6.45, 7) is 4.75. The quantitative estimate of drug-likeness (QED) is 0.488. The second kappa shape index (κ2) is 5.04. The predicted molar refractivity (Wildman–Crippen MR) is 42.0 cm³/mol. The van der Waals surface area contributed by atoms with E-state index in [1.807, 2.05) is 0 Å². The number of hydrogen-bond donors (Lipinski definition) is 1. The monoisotopic (exact) mass is 158 g/mol. The van der Waals surface area contributed by atoms with Gasteiger partial charge in [0.05, 0.1) is 6.10 Å². The van der Waals surface area contributed by atoms with Crippen LogP contribution in [0.15, 0.2) is 12.2 Å². The Balaban J connectivity index is 3.68. The Hall–Kier alpha value is -0.670. The van der Waals surface area contributed by atoms with Gasteiger partial charge in [-0.15, -0.1) is 0 Å². The summed E-state index contributed by atoms with van der Waals surface area (Å²) in [6.07, 6.45) is 2.02. The van der Waals surface area contributed by atoms with Crippen LogP contribution in [0.3, 0.4) is 0 Å². The van der Waals surface area contributed by atoms with Gasteiger partial charge in [0.25, 0.3) is 0 Å². The molecule has 64 valence electrons. The van der Waals surface area contributed by atoms with Gasteiger partial charge in [0, 0.05) is 0 Å². The number of carbonyl (C=O) groups is 1. The number of aliphatic hydroxyl groups excluding tert-OH is 1. The first-order valence-corrected chi connectivity index (χ1v) is 3.54. The van der Waals surface area contributed by atoms with E-state index in [1.54, 1.807) is 13.0 Å². The van der Waals surface area contributed by atoms with Crippen LogP contribution in [0.2, 0.25) is 0 Å². The molecular weight excluding hydrogens is 144 g/mol. The summed E-state index contributed by atoms with van der Waals surface area (Å²) < 4.78 is 4.92. The zero-order valence-corrected chi connectivity index (χ0v) is 7.07. The number of hydrogen-bond acceptors (Lipinski definition) is 3. The fourth-order valence-corrected chi connectivity index (χ4v) is 0.627. The van der Waals surface area contributed by atoms with Gasteiger partial charge in [-0.25, -0.2) is 0 Å². The lowest BCUT2D eigenvalue weighted by molar-refractivity contribution is -0.113. The first kappa shape index (κ1) is 10.3. The van der Waals surface area contributed by atoms with E-state index in [-0.39, 0.29) is 11.9 Å². The van der Waals surface area contributed by atoms with Crippen molar-refractivity contribution in [1.29, 1.82) is 0 Å². The number of ether oxygens (including phenoxy) is 1. The van der Waals surface area contributed by atoms with Crippen molar-refractivity contribution in [3.05, 3.63) is 12.2 Å². The fourth-order valence-electron chi connectivity index (χ4n) is 0.627. The van der Waals surface area contributed by atoms with E-state index < -0.39 is 6.29 Å². The summed E-state index contributed by atoms with van der Waals surface area (Å²) in [6, 6.07) is 0. The van der Waals surface area contributed by atoms with Crippen LogP contribution in [0.25, 0.3) is 0 Å². The van der Waals surface area contributed by atoms with Gasteiger partial charge in [0.1, 0.15) is 0 Å². The highest BCUT2D eigenvalue weighted by Gasteiger charge is 2.00. The van der Waals surface area contributed by atoms with Gasteiger partial charge < -0.3 is 9.84 Å². The van der Waals surface area contributed by atoms with Crippen molar-refractivity contribution in [3.63, 3.8) is 0 Å². The molecule has 0 saturated heterocycles. The molecule has 11 heavy (non-hydrogen) atoms. The van der Waals surface area contributed by atoms with E-state index in [0.29, 0.717) is 0 Å². The Morgan fingerprint density at radius 2 is 2.09 bits per heavy atom. The Morgan fingerprint density at radius 3 is 2.45 bits per heavy atom. The van der Waals surface area contributed by atoms with Crippen LogP contribution in [0.4, 0.5) is 0 Å². The summed E-state index contributed by atoms with van der Waals surface area (Å²) in [7, 11) is 0. The molecule has 0 aliphatic heterocycles. The zero-order chi connectivity index (χ0) is 8.85. The number of ketones is 1. The summed E-state index contributed by atoms with van der Waals surface area (Å²) in [5, 5.41) is 8.75. The first-order chi connectivity index (χ1) is 5.02. The van der Waals surface area contributed by atoms with Crippen molar-refractivity contribution in [2.75, 3.05) is 0 Å². The molecule has 0 aromatic rings. The molecule has 1 N–H and O–H groups in total. The van der Waals surface area contributed by atoms with Gasteiger partial charge in [-0.1, -0.05) is 6.08 Å². The van der Waals surface area contributed by atoms with Crippen LogP contribution >= 0.6 is 0 Å². The topological polar surface area (TPSA) is 46.5 Å². The molecule has 0 saturated carbocycles. The van der Waals surface area contributed by atoms with Crippen LogP contribution in [0.1, 0.15) is 20.8 Å². The maximum absolute atomic E-state index is 10.4. The highest BCUT2D eigenvalue weighted by atomic mass is 16.6. The van der Waals surface area contributed by atoms with Crippen LogP contribution in [0, 0.1) is 0 Å². The Bertz CT molecular complexity index is 149. The van der Waals surface area contributed by atoms with E-state index in [4.69, 9.17) is 9.84 Å². The molecule has 0 rings (SSSR count). The molecule has 0 heterocycles. The van der Waals surface area contributed by atoms with E-state index in [2.05, 4.69) is 0 Å². The number of rotatable bonds is 4. The minimum absolute atomic E-state index is 0.0222. The van der Waals surface area contributed by atoms with Gasteiger partial charge in [0.2, 0.25) is 0 Å². The normalized spacial score (nSPS) is 16.7. The first-order valence-electron chi connectivity index (χ1n) is 3.54. The van der Waals surface area contributed by atoms with E-state index in [0.717, 1.165) is 0 Å². The number of allylic oxidation sites excluding steroid dienone is 1. The van der Waals surface area contributed by atoms with Gasteiger partial charge in [-0.05, 0) is 26.8 Å². The highest BCUT2D eigenvalue weighted by molar-refractivity contribution is 5.87. The van der Waals surface area contributed by atoms with Crippen LogP contribution in [-0.4, -0.2) is 23.3 Å². The van der Waals surface area contributed by atoms with Gasteiger partial charge >= 0.3 is 0 Å². The van der Waals surface area contributed by atoms with Crippen molar-refractivity contribution in [2.24, 2.45) is 0 Å². The number of carbonyl (C=O) groups excluding carboxylic acids is 1. The smallest absolute Gasteiger partial charge is 0.152 e. The molecule has 0 amide bonds. The molecule has 0 spiro atoms. The number of aliphatic hydroxyl groups is 1. The van der Waals surface area contributed by atoms with Gasteiger partial charge in [0.15, 0.2) is 12.1 Å². The lowest BCUT2D eigenvalue weighted by Gasteiger charge is -2.10. The molecule has 2 atom stereocenters. The summed E-state index contributed by atoms with van der Waals surface area (Å²) in [5.41, 5.74) is 0. The molecule has 3 nitrogen and oxygen atoms in total. The third kappa shape index (κ3) is 7.22. The van der Waals surface area contributed by atoms with Crippen LogP contribution in [0.5, 0.6) is 0 Å². The summed E-state index contributed by atoms with van der Waals surface area (Å²) in [5.74, 6) is -0.0222.